The molecule has 0 aliphatic carbocycles. The second kappa shape index (κ2) is 13.7. The summed E-state index contributed by atoms with van der Waals surface area (Å²) in [5.74, 6) is -5.00. The first-order valence-corrected chi connectivity index (χ1v) is 11.5. The summed E-state index contributed by atoms with van der Waals surface area (Å²) in [6.07, 6.45) is -2.66. The molecule has 4 rings (SSSR count). The molecule has 0 saturated carbocycles. The van der Waals surface area contributed by atoms with Gasteiger partial charge in [-0.3, -0.25) is 19.5 Å². The predicted molar refractivity (Wildman–Crippen MR) is 115 cm³/mol. The van der Waals surface area contributed by atoms with E-state index in [9.17, 15) is 31.1 Å². The summed E-state index contributed by atoms with van der Waals surface area (Å²) in [4.78, 5) is 42.3. The Balaban J connectivity index is 0.000000301. The van der Waals surface area contributed by atoms with Crippen LogP contribution in [0.1, 0.15) is 31.2 Å². The summed E-state index contributed by atoms with van der Waals surface area (Å²) >= 11 is 0. The molecule has 0 aromatic carbocycles. The van der Waals surface area contributed by atoms with Gasteiger partial charge in [-0.2, -0.15) is 26.3 Å². The number of carbonyl (C=O) groups is 3. The van der Waals surface area contributed by atoms with Crippen LogP contribution in [0, 0.1) is 5.92 Å². The molecule has 38 heavy (non-hydrogen) atoms. The van der Waals surface area contributed by atoms with Crippen molar-refractivity contribution in [3.63, 3.8) is 0 Å². The van der Waals surface area contributed by atoms with Crippen LogP contribution in [0.5, 0.6) is 0 Å². The molecule has 16 heteroatoms. The standard InChI is InChI=1S/C18H25N3O3.2C2HF3O2/c22-18(21-8-1-2-10-23-21)16-11-15-5-9-20(13-17(15)24-16)12-14-3-6-19-7-4-14;2*3-2(4,5)1(6)7/h3-4,6-7,15-17H,1-2,5,8-13H2;2*(H,6,7)/t15-,16-,17+;;/m0../s1. The average molecular weight is 559 g/mol. The zero-order valence-corrected chi connectivity index (χ0v) is 20.0. The summed E-state index contributed by atoms with van der Waals surface area (Å²) < 4.78 is 69.6. The zero-order valence-electron chi connectivity index (χ0n) is 20.0. The molecule has 0 bridgehead atoms. The van der Waals surface area contributed by atoms with Crippen LogP contribution in [0.25, 0.3) is 0 Å². The van der Waals surface area contributed by atoms with Gasteiger partial charge in [0.2, 0.25) is 0 Å². The smallest absolute Gasteiger partial charge is 0.475 e. The van der Waals surface area contributed by atoms with E-state index in [-0.39, 0.29) is 18.1 Å². The van der Waals surface area contributed by atoms with Crippen molar-refractivity contribution in [2.75, 3.05) is 26.2 Å². The van der Waals surface area contributed by atoms with Gasteiger partial charge in [0.15, 0.2) is 0 Å². The van der Waals surface area contributed by atoms with Gasteiger partial charge >= 0.3 is 24.3 Å². The molecule has 3 atom stereocenters. The van der Waals surface area contributed by atoms with Crippen LogP contribution in [0.3, 0.4) is 0 Å². The van der Waals surface area contributed by atoms with Crippen molar-refractivity contribution in [1.29, 1.82) is 0 Å². The maximum absolute atomic E-state index is 12.6. The number of carbonyl (C=O) groups excluding carboxylic acids is 1. The summed E-state index contributed by atoms with van der Waals surface area (Å²) in [5.41, 5.74) is 1.27. The van der Waals surface area contributed by atoms with Gasteiger partial charge in [0, 0.05) is 32.0 Å². The first-order valence-electron chi connectivity index (χ1n) is 11.5. The molecule has 2 N–H and O–H groups in total. The number of likely N-dealkylation sites (tertiary alicyclic amines) is 1. The van der Waals surface area contributed by atoms with E-state index in [1.165, 1.54) is 10.6 Å². The molecule has 3 aliphatic heterocycles. The molecule has 0 spiro atoms. The van der Waals surface area contributed by atoms with Crippen molar-refractivity contribution in [2.45, 2.75) is 56.8 Å². The number of fused-ring (bicyclic) bond motifs is 1. The molecular formula is C22H27F6N3O7. The average Bonchev–Trinajstić information content (AvgIpc) is 3.28. The van der Waals surface area contributed by atoms with Crippen LogP contribution >= 0.6 is 0 Å². The number of ether oxygens (including phenoxy) is 1. The number of carboxylic acids is 2. The van der Waals surface area contributed by atoms with E-state index in [1.807, 2.05) is 12.4 Å². The molecule has 0 unspecified atom stereocenters. The third kappa shape index (κ3) is 10.1. The number of piperidine rings is 1. The number of nitrogens with zero attached hydrogens (tertiary/aromatic N) is 3. The number of alkyl halides is 6. The minimum atomic E-state index is -5.08. The van der Waals surface area contributed by atoms with Gasteiger partial charge < -0.3 is 14.9 Å². The highest BCUT2D eigenvalue weighted by Gasteiger charge is 2.43. The molecule has 3 saturated heterocycles. The molecule has 10 nitrogen and oxygen atoms in total. The quantitative estimate of drug-likeness (QED) is 0.537. The normalized spacial score (nSPS) is 23.7. The lowest BCUT2D eigenvalue weighted by Gasteiger charge is -2.34. The summed E-state index contributed by atoms with van der Waals surface area (Å²) in [5, 5.41) is 15.8. The first-order chi connectivity index (χ1) is 17.7. The highest BCUT2D eigenvalue weighted by atomic mass is 19.4. The molecular weight excluding hydrogens is 532 g/mol. The lowest BCUT2D eigenvalue weighted by atomic mass is 9.91. The summed E-state index contributed by atoms with van der Waals surface area (Å²) in [6.45, 7) is 4.22. The van der Waals surface area contributed by atoms with E-state index < -0.39 is 24.3 Å². The van der Waals surface area contributed by atoms with Gasteiger partial charge in [-0.1, -0.05) is 0 Å². The third-order valence-electron chi connectivity index (χ3n) is 5.80. The van der Waals surface area contributed by atoms with Gasteiger partial charge in [-0.05, 0) is 55.8 Å². The highest BCUT2D eigenvalue weighted by molar-refractivity contribution is 5.80. The Bertz CT molecular complexity index is 902. The number of carboxylic acid groups (broad SMARTS) is 2. The number of amides is 1. The van der Waals surface area contributed by atoms with E-state index in [4.69, 9.17) is 29.4 Å². The molecule has 1 aromatic heterocycles. The Morgan fingerprint density at radius 3 is 2.05 bits per heavy atom. The number of aromatic nitrogens is 1. The number of halogens is 6. The number of aliphatic carboxylic acids is 2. The number of hydroxylamine groups is 2. The number of hydrogen-bond acceptors (Lipinski definition) is 7. The zero-order chi connectivity index (χ0) is 28.5. The second-order valence-corrected chi connectivity index (χ2v) is 8.62. The van der Waals surface area contributed by atoms with Crippen molar-refractivity contribution in [3.8, 4) is 0 Å². The van der Waals surface area contributed by atoms with Crippen LogP contribution in [0.2, 0.25) is 0 Å². The monoisotopic (exact) mass is 559 g/mol. The Morgan fingerprint density at radius 2 is 1.55 bits per heavy atom. The number of pyridine rings is 1. The molecule has 0 radical (unpaired) electrons. The van der Waals surface area contributed by atoms with Crippen molar-refractivity contribution in [3.05, 3.63) is 30.1 Å². The van der Waals surface area contributed by atoms with Crippen LogP contribution in [0.4, 0.5) is 26.3 Å². The van der Waals surface area contributed by atoms with Crippen LogP contribution in [-0.2, 0) is 30.5 Å². The first kappa shape index (κ1) is 31.2. The highest BCUT2D eigenvalue weighted by Crippen LogP contribution is 2.34. The van der Waals surface area contributed by atoms with Gasteiger partial charge in [-0.15, -0.1) is 0 Å². The van der Waals surface area contributed by atoms with E-state index in [1.54, 1.807) is 0 Å². The molecule has 3 fully saturated rings. The minimum absolute atomic E-state index is 0.0183. The predicted octanol–water partition coefficient (Wildman–Crippen LogP) is 2.88. The molecule has 1 aromatic rings. The lowest BCUT2D eigenvalue weighted by molar-refractivity contribution is -0.206. The SMILES string of the molecule is O=C(O)C(F)(F)F.O=C(O)C(F)(F)F.O=C([C@@H]1C[C@@H]2CCN(Cc3ccncc3)C[C@H]2O1)N1CCCCO1. The van der Waals surface area contributed by atoms with Crippen molar-refractivity contribution >= 4 is 17.8 Å². The van der Waals surface area contributed by atoms with Crippen LogP contribution in [-0.4, -0.2) is 93.8 Å². The fourth-order valence-electron chi connectivity index (χ4n) is 3.97. The van der Waals surface area contributed by atoms with Crippen molar-refractivity contribution in [1.82, 2.24) is 14.9 Å². The van der Waals surface area contributed by atoms with Gasteiger partial charge in [0.05, 0.1) is 12.7 Å². The van der Waals surface area contributed by atoms with E-state index >= 15 is 0 Å². The van der Waals surface area contributed by atoms with Crippen molar-refractivity contribution in [2.24, 2.45) is 5.92 Å². The summed E-state index contributed by atoms with van der Waals surface area (Å²) in [6, 6.07) is 4.11. The topological polar surface area (TPSA) is 129 Å². The largest absolute Gasteiger partial charge is 0.490 e. The van der Waals surface area contributed by atoms with Crippen LogP contribution in [0.15, 0.2) is 24.5 Å². The van der Waals surface area contributed by atoms with Gasteiger partial charge in [-0.25, -0.2) is 14.7 Å². The Hall–Kier alpha value is -2.98. The number of hydrogen-bond donors (Lipinski definition) is 2. The molecule has 1 amide bonds. The molecule has 3 aliphatic rings. The van der Waals surface area contributed by atoms with E-state index in [0.29, 0.717) is 19.1 Å². The fourth-order valence-corrected chi connectivity index (χ4v) is 3.97. The van der Waals surface area contributed by atoms with E-state index in [0.717, 1.165) is 45.3 Å². The van der Waals surface area contributed by atoms with Gasteiger partial charge in [0.1, 0.15) is 6.10 Å². The summed E-state index contributed by atoms with van der Waals surface area (Å²) in [7, 11) is 0. The molecule has 214 valence electrons. The minimum Gasteiger partial charge on any atom is -0.475 e. The third-order valence-corrected chi connectivity index (χ3v) is 5.80. The number of rotatable bonds is 3. The van der Waals surface area contributed by atoms with Crippen molar-refractivity contribution < 1.29 is 60.5 Å². The van der Waals surface area contributed by atoms with E-state index in [2.05, 4.69) is 22.0 Å². The Kier molecular flexibility index (Phi) is 11.3. The lowest BCUT2D eigenvalue weighted by Crippen LogP contribution is -2.43. The second-order valence-electron chi connectivity index (χ2n) is 8.62. The molecule has 4 heterocycles. The Morgan fingerprint density at radius 1 is 0.974 bits per heavy atom. The Labute approximate surface area is 213 Å². The van der Waals surface area contributed by atoms with Gasteiger partial charge in [0.25, 0.3) is 5.91 Å². The fraction of sp³-hybridized carbons (Fsp3) is 0.636. The van der Waals surface area contributed by atoms with Crippen LogP contribution < -0.4 is 0 Å². The maximum Gasteiger partial charge on any atom is 0.490 e. The maximum atomic E-state index is 12.6.